The number of benzene rings is 1. The molecule has 2 aromatic rings. The second-order valence-electron chi connectivity index (χ2n) is 5.17. The van der Waals surface area contributed by atoms with Gasteiger partial charge < -0.3 is 25.4 Å². The Morgan fingerprint density at radius 1 is 1.62 bits per heavy atom. The second kappa shape index (κ2) is 4.69. The van der Waals surface area contributed by atoms with Gasteiger partial charge in [0.15, 0.2) is 0 Å². The van der Waals surface area contributed by atoms with Gasteiger partial charge in [-0.05, 0) is 25.0 Å². The summed E-state index contributed by atoms with van der Waals surface area (Å²) in [5.41, 5.74) is 1.65. The number of hydrogen-bond acceptors (Lipinski definition) is 6. The van der Waals surface area contributed by atoms with Crippen molar-refractivity contribution >= 4 is 28.3 Å². The van der Waals surface area contributed by atoms with Crippen LogP contribution in [0.15, 0.2) is 6.07 Å². The molecule has 1 aromatic carbocycles. The number of aliphatic hydroxyl groups is 1. The van der Waals surface area contributed by atoms with E-state index in [0.717, 1.165) is 0 Å². The van der Waals surface area contributed by atoms with Gasteiger partial charge in [0.25, 0.3) is 0 Å². The van der Waals surface area contributed by atoms with Gasteiger partial charge in [0.2, 0.25) is 5.91 Å². The number of carbonyl (C=O) groups excluding carboxylic acids is 1. The molecule has 0 radical (unpaired) electrons. The van der Waals surface area contributed by atoms with Gasteiger partial charge in [-0.15, -0.1) is 0 Å². The fourth-order valence-corrected chi connectivity index (χ4v) is 2.78. The maximum absolute atomic E-state index is 11.5. The smallest absolute Gasteiger partial charge is 0.221 e. The van der Waals surface area contributed by atoms with Crippen molar-refractivity contribution in [2.75, 3.05) is 10.5 Å². The third-order valence-corrected chi connectivity index (χ3v) is 3.66. The number of aromatic nitrogens is 2. The first-order chi connectivity index (χ1) is 9.90. The Kier molecular flexibility index (Phi) is 3.08. The molecule has 0 bridgehead atoms. The lowest BCUT2D eigenvalue weighted by Gasteiger charge is -2.26. The predicted molar refractivity (Wildman–Crippen MR) is 76.0 cm³/mol. The summed E-state index contributed by atoms with van der Waals surface area (Å²) in [4.78, 5) is 15.6. The van der Waals surface area contributed by atoms with E-state index in [-0.39, 0.29) is 28.0 Å². The van der Waals surface area contributed by atoms with Crippen molar-refractivity contribution in [2.24, 2.45) is 0 Å². The van der Waals surface area contributed by atoms with Crippen molar-refractivity contribution in [3.63, 3.8) is 0 Å². The summed E-state index contributed by atoms with van der Waals surface area (Å²) in [5, 5.41) is 33.1. The molecule has 1 aliphatic heterocycles. The molecule has 0 fully saturated rings. The van der Waals surface area contributed by atoms with Crippen molar-refractivity contribution in [2.45, 2.75) is 32.9 Å². The minimum atomic E-state index is -0.687. The molecule has 0 aliphatic carbocycles. The first-order valence-corrected chi connectivity index (χ1v) is 6.55. The van der Waals surface area contributed by atoms with Crippen molar-refractivity contribution < 1.29 is 15.1 Å². The topological polar surface area (TPSA) is 114 Å². The number of aryl methyl sites for hydroxylation is 2. The normalized spacial score (nSPS) is 17.1. The SMILES string of the molecule is CC(=O)Nc1c(C)cc2c(nc3n2CCC3O)c1N([O-])O. The highest BCUT2D eigenvalue weighted by atomic mass is 16.8. The van der Waals surface area contributed by atoms with Crippen LogP contribution in [0.5, 0.6) is 0 Å². The fourth-order valence-electron chi connectivity index (χ4n) is 2.78. The summed E-state index contributed by atoms with van der Waals surface area (Å²) in [7, 11) is 0. The van der Waals surface area contributed by atoms with Gasteiger partial charge >= 0.3 is 0 Å². The molecule has 0 saturated carbocycles. The lowest BCUT2D eigenvalue weighted by molar-refractivity contribution is -0.114. The van der Waals surface area contributed by atoms with E-state index in [4.69, 9.17) is 0 Å². The zero-order chi connectivity index (χ0) is 15.3. The molecule has 1 amide bonds. The minimum absolute atomic E-state index is 0.116. The van der Waals surface area contributed by atoms with Crippen LogP contribution in [0.2, 0.25) is 0 Å². The summed E-state index contributed by atoms with van der Waals surface area (Å²) in [5.74, 6) is 0.111. The van der Waals surface area contributed by atoms with Crippen LogP contribution in [-0.4, -0.2) is 25.8 Å². The third-order valence-electron chi connectivity index (χ3n) is 3.66. The van der Waals surface area contributed by atoms with Crippen LogP contribution < -0.4 is 10.5 Å². The molecule has 1 aliphatic rings. The average molecular weight is 291 g/mol. The number of fused-ring (bicyclic) bond motifs is 3. The summed E-state index contributed by atoms with van der Waals surface area (Å²) < 4.78 is 1.82. The zero-order valence-electron chi connectivity index (χ0n) is 11.6. The quantitative estimate of drug-likeness (QED) is 0.721. The predicted octanol–water partition coefficient (Wildman–Crippen LogP) is 1.43. The number of nitrogens with zero attached hydrogens (tertiary/aromatic N) is 3. The Morgan fingerprint density at radius 3 is 2.95 bits per heavy atom. The van der Waals surface area contributed by atoms with Crippen LogP contribution in [0.3, 0.4) is 0 Å². The number of anilines is 2. The standard InChI is InChI=1S/C13H15N4O4/c1-6-5-8-11(15-13-9(19)3-4-16(8)13)12(17(20)21)10(6)14-7(2)18/h5,9,19-20H,3-4H2,1-2H3,(H,14,18)/q-1. The maximum Gasteiger partial charge on any atom is 0.221 e. The van der Waals surface area contributed by atoms with Gasteiger partial charge in [-0.3, -0.25) is 10.0 Å². The number of imidazole rings is 1. The molecule has 3 rings (SSSR count). The Morgan fingerprint density at radius 2 is 2.33 bits per heavy atom. The molecule has 1 atom stereocenters. The highest BCUT2D eigenvalue weighted by Crippen LogP contribution is 2.39. The van der Waals surface area contributed by atoms with E-state index in [2.05, 4.69) is 10.3 Å². The molecular weight excluding hydrogens is 276 g/mol. The molecular formula is C13H15N4O4-. The lowest BCUT2D eigenvalue weighted by Crippen LogP contribution is -2.15. The van der Waals surface area contributed by atoms with Crippen molar-refractivity contribution in [3.05, 3.63) is 22.7 Å². The molecule has 21 heavy (non-hydrogen) atoms. The first-order valence-electron chi connectivity index (χ1n) is 6.55. The number of aliphatic hydroxyl groups excluding tert-OH is 1. The Bertz CT molecular complexity index is 738. The molecule has 2 heterocycles. The van der Waals surface area contributed by atoms with Gasteiger partial charge in [0, 0.05) is 13.5 Å². The minimum Gasteiger partial charge on any atom is -0.733 e. The fraction of sp³-hybridized carbons (Fsp3) is 0.385. The Balaban J connectivity index is 2.32. The first kappa shape index (κ1) is 13.8. The zero-order valence-corrected chi connectivity index (χ0v) is 11.6. The molecule has 0 spiro atoms. The van der Waals surface area contributed by atoms with E-state index in [9.17, 15) is 20.3 Å². The van der Waals surface area contributed by atoms with Crippen molar-refractivity contribution in [3.8, 4) is 0 Å². The molecule has 8 nitrogen and oxygen atoms in total. The van der Waals surface area contributed by atoms with Crippen LogP contribution in [0.25, 0.3) is 11.0 Å². The van der Waals surface area contributed by atoms with Crippen LogP contribution >= 0.6 is 0 Å². The van der Waals surface area contributed by atoms with E-state index >= 15 is 0 Å². The summed E-state index contributed by atoms with van der Waals surface area (Å²) in [6, 6.07) is 1.78. The average Bonchev–Trinajstić information content (AvgIpc) is 2.90. The number of nitrogens with one attached hydrogen (secondary N) is 1. The highest BCUT2D eigenvalue weighted by molar-refractivity contribution is 6.03. The third kappa shape index (κ3) is 2.04. The van der Waals surface area contributed by atoms with Crippen LogP contribution in [0, 0.1) is 12.1 Å². The summed E-state index contributed by atoms with van der Waals surface area (Å²) in [6.07, 6.45) is -0.117. The number of amides is 1. The van der Waals surface area contributed by atoms with E-state index in [1.54, 1.807) is 13.0 Å². The van der Waals surface area contributed by atoms with Gasteiger partial charge in [0.1, 0.15) is 23.1 Å². The van der Waals surface area contributed by atoms with Crippen molar-refractivity contribution in [1.82, 2.24) is 9.55 Å². The number of hydrogen-bond donors (Lipinski definition) is 3. The van der Waals surface area contributed by atoms with Crippen LogP contribution in [0.4, 0.5) is 11.4 Å². The Labute approximate surface area is 120 Å². The number of carbonyl (C=O) groups is 1. The molecule has 0 saturated heterocycles. The van der Waals surface area contributed by atoms with Gasteiger partial charge in [-0.2, -0.15) is 0 Å². The lowest BCUT2D eigenvalue weighted by atomic mass is 10.1. The van der Waals surface area contributed by atoms with Crippen LogP contribution in [-0.2, 0) is 11.3 Å². The van der Waals surface area contributed by atoms with Crippen LogP contribution in [0.1, 0.15) is 30.8 Å². The highest BCUT2D eigenvalue weighted by Gasteiger charge is 2.27. The number of rotatable bonds is 2. The summed E-state index contributed by atoms with van der Waals surface area (Å²) in [6.45, 7) is 3.63. The molecule has 1 aromatic heterocycles. The van der Waals surface area contributed by atoms with E-state index in [1.807, 2.05) is 4.57 Å². The molecule has 3 N–H and O–H groups in total. The molecule has 1 unspecified atom stereocenters. The molecule has 112 valence electrons. The van der Waals surface area contributed by atoms with E-state index < -0.39 is 6.10 Å². The monoisotopic (exact) mass is 291 g/mol. The van der Waals surface area contributed by atoms with E-state index in [1.165, 1.54) is 6.92 Å². The van der Waals surface area contributed by atoms with Gasteiger partial charge in [0.05, 0.1) is 11.2 Å². The van der Waals surface area contributed by atoms with Gasteiger partial charge in [-0.25, -0.2) is 4.98 Å². The van der Waals surface area contributed by atoms with E-state index in [0.29, 0.717) is 29.9 Å². The van der Waals surface area contributed by atoms with Crippen molar-refractivity contribution in [1.29, 1.82) is 0 Å². The summed E-state index contributed by atoms with van der Waals surface area (Å²) >= 11 is 0. The van der Waals surface area contributed by atoms with Gasteiger partial charge in [-0.1, -0.05) is 0 Å². The largest absolute Gasteiger partial charge is 0.733 e. The molecule has 8 heteroatoms. The Hall–Kier alpha value is -2.16. The second-order valence-corrected chi connectivity index (χ2v) is 5.17. The maximum atomic E-state index is 11.5.